The molecule has 0 radical (unpaired) electrons. The van der Waals surface area contributed by atoms with Crippen molar-refractivity contribution in [3.05, 3.63) is 0 Å². The third-order valence-corrected chi connectivity index (χ3v) is 11.9. The fourth-order valence-electron chi connectivity index (χ4n) is 8.65. The Morgan fingerprint density at radius 1 is 0.980 bits per heavy atom. The van der Waals surface area contributed by atoms with Crippen molar-refractivity contribution in [2.75, 3.05) is 20.3 Å². The second-order valence-corrected chi connectivity index (χ2v) is 16.2. The molecular weight excluding hydrogens is 634 g/mol. The van der Waals surface area contributed by atoms with E-state index < -0.39 is 83.2 Å². The van der Waals surface area contributed by atoms with Crippen LogP contribution in [-0.2, 0) is 33.2 Å². The normalized spacial score (nSPS) is 49.8. The van der Waals surface area contributed by atoms with Crippen LogP contribution in [0.1, 0.15) is 115 Å². The van der Waals surface area contributed by atoms with Crippen molar-refractivity contribution in [2.45, 2.75) is 186 Å². The maximum atomic E-state index is 14.1. The summed E-state index contributed by atoms with van der Waals surface area (Å²) in [4.78, 5) is 14.1. The first-order valence-electron chi connectivity index (χ1n) is 18.6. The zero-order valence-electron chi connectivity index (χ0n) is 32.2. The highest BCUT2D eigenvalue weighted by Gasteiger charge is 2.53. The number of aliphatic hydroxyl groups is 4. The van der Waals surface area contributed by atoms with Crippen molar-refractivity contribution < 1.29 is 53.6 Å². The van der Waals surface area contributed by atoms with E-state index in [0.29, 0.717) is 32.4 Å². The third kappa shape index (κ3) is 9.55. The number of nitrogens with one attached hydrogen (secondary N) is 1. The summed E-state index contributed by atoms with van der Waals surface area (Å²) < 4.78 is 38.0. The van der Waals surface area contributed by atoms with Crippen molar-refractivity contribution in [3.63, 3.8) is 0 Å². The molecule has 3 saturated heterocycles. The van der Waals surface area contributed by atoms with Gasteiger partial charge < -0.3 is 54.2 Å². The molecule has 3 fully saturated rings. The van der Waals surface area contributed by atoms with Crippen LogP contribution in [0.5, 0.6) is 0 Å². The van der Waals surface area contributed by atoms with Crippen LogP contribution in [-0.4, -0.2) is 118 Å². The fraction of sp³-hybridized carbons (Fsp3) is 0.973. The zero-order valence-corrected chi connectivity index (χ0v) is 32.2. The van der Waals surface area contributed by atoms with Crippen LogP contribution in [0.15, 0.2) is 0 Å². The number of rotatable bonds is 7. The highest BCUT2D eigenvalue weighted by molar-refractivity contribution is 5.73. The van der Waals surface area contributed by atoms with E-state index in [0.717, 1.165) is 6.42 Å². The third-order valence-electron chi connectivity index (χ3n) is 11.9. The minimum atomic E-state index is -1.76. The molecule has 12 nitrogen and oxygen atoms in total. The van der Waals surface area contributed by atoms with E-state index in [2.05, 4.69) is 12.2 Å². The van der Waals surface area contributed by atoms with Gasteiger partial charge in [-0.2, -0.15) is 0 Å². The molecule has 288 valence electrons. The van der Waals surface area contributed by atoms with Crippen molar-refractivity contribution in [1.29, 1.82) is 0 Å². The van der Waals surface area contributed by atoms with Gasteiger partial charge in [-0.05, 0) is 93.0 Å². The molecule has 3 rings (SSSR count). The van der Waals surface area contributed by atoms with Crippen LogP contribution in [0.4, 0.5) is 0 Å². The molecule has 0 aromatic rings. The van der Waals surface area contributed by atoms with Gasteiger partial charge in [0.2, 0.25) is 0 Å². The van der Waals surface area contributed by atoms with Gasteiger partial charge >= 0.3 is 5.97 Å². The molecule has 49 heavy (non-hydrogen) atoms. The Labute approximate surface area is 294 Å². The van der Waals surface area contributed by atoms with E-state index in [1.807, 2.05) is 27.7 Å². The lowest BCUT2D eigenvalue weighted by atomic mass is 9.77. The molecule has 3 aliphatic rings. The maximum Gasteiger partial charge on any atom is 0.311 e. The summed E-state index contributed by atoms with van der Waals surface area (Å²) in [5.41, 5.74) is -3.82. The maximum absolute atomic E-state index is 14.1. The van der Waals surface area contributed by atoms with Gasteiger partial charge in [0.1, 0.15) is 23.9 Å². The summed E-state index contributed by atoms with van der Waals surface area (Å²) in [5.74, 6) is -3.65. The van der Waals surface area contributed by atoms with Gasteiger partial charge in [-0.3, -0.25) is 4.79 Å². The van der Waals surface area contributed by atoms with Gasteiger partial charge in [0, 0.05) is 31.4 Å². The Kier molecular flexibility index (Phi) is 14.6. The number of cyclic esters (lactones) is 1. The molecule has 0 aromatic carbocycles. The van der Waals surface area contributed by atoms with Crippen LogP contribution in [0.3, 0.4) is 0 Å². The number of methoxy groups -OCH3 is 1. The minimum Gasteiger partial charge on any atom is -0.459 e. The molecule has 12 heteroatoms. The lowest BCUT2D eigenvalue weighted by Crippen LogP contribution is -2.60. The van der Waals surface area contributed by atoms with Gasteiger partial charge in [0.25, 0.3) is 0 Å². The first kappa shape index (κ1) is 42.5. The molecule has 0 spiro atoms. The smallest absolute Gasteiger partial charge is 0.311 e. The molecule has 0 aromatic heterocycles. The molecule has 3 heterocycles. The number of ether oxygens (including phenoxy) is 6. The topological polar surface area (TPSA) is 165 Å². The Balaban J connectivity index is 2.14. The SMILES string of the molecule is CCC1[C@H](C)O[C@@H](O[C@H]2[C@H](C)[C@@H](O[C@]3(C)OCCC[C@H]3O)[C@](C)(O)C[C@@H](C)CN[C@H](C)[C@@H](O)[C@](C)(O)[C@@H](CC)OC(=O)[C@@H]2C)C[C@@]1(C)OC. The predicted molar refractivity (Wildman–Crippen MR) is 184 cm³/mol. The monoisotopic (exact) mass is 703 g/mol. The van der Waals surface area contributed by atoms with E-state index in [4.69, 9.17) is 28.4 Å². The number of hydrogen-bond donors (Lipinski definition) is 5. The van der Waals surface area contributed by atoms with Crippen molar-refractivity contribution in [3.8, 4) is 0 Å². The molecule has 16 atom stereocenters. The molecule has 0 saturated carbocycles. The Morgan fingerprint density at radius 2 is 1.63 bits per heavy atom. The average molecular weight is 704 g/mol. The highest BCUT2D eigenvalue weighted by atomic mass is 16.7. The van der Waals surface area contributed by atoms with Gasteiger partial charge in [-0.1, -0.05) is 27.7 Å². The summed E-state index contributed by atoms with van der Waals surface area (Å²) in [7, 11) is 1.68. The zero-order chi connectivity index (χ0) is 37.1. The second kappa shape index (κ2) is 16.8. The van der Waals surface area contributed by atoms with E-state index >= 15 is 0 Å². The number of esters is 1. The highest BCUT2D eigenvalue weighted by Crippen LogP contribution is 2.43. The summed E-state index contributed by atoms with van der Waals surface area (Å²) in [6.07, 6.45) is -3.17. The van der Waals surface area contributed by atoms with Gasteiger partial charge in [0.05, 0.1) is 42.0 Å². The molecular formula is C37H69NO11. The quantitative estimate of drug-likeness (QED) is 0.245. The molecule has 0 bridgehead atoms. The molecule has 0 aliphatic carbocycles. The van der Waals surface area contributed by atoms with Crippen LogP contribution >= 0.6 is 0 Å². The summed E-state index contributed by atoms with van der Waals surface area (Å²) in [6, 6.07) is -0.558. The van der Waals surface area contributed by atoms with Crippen LogP contribution in [0.25, 0.3) is 0 Å². The molecule has 0 amide bonds. The largest absolute Gasteiger partial charge is 0.459 e. The Hall–Kier alpha value is -0.930. The van der Waals surface area contributed by atoms with Crippen LogP contribution in [0.2, 0.25) is 0 Å². The van der Waals surface area contributed by atoms with Gasteiger partial charge in [0.15, 0.2) is 12.1 Å². The summed E-state index contributed by atoms with van der Waals surface area (Å²) in [6.45, 7) is 20.9. The first-order valence-corrected chi connectivity index (χ1v) is 18.6. The van der Waals surface area contributed by atoms with Crippen molar-refractivity contribution in [2.24, 2.45) is 23.7 Å². The average Bonchev–Trinajstić information content (AvgIpc) is 3.03. The van der Waals surface area contributed by atoms with Crippen LogP contribution in [0, 0.1) is 23.7 Å². The Morgan fingerprint density at radius 3 is 2.20 bits per heavy atom. The predicted octanol–water partition coefficient (Wildman–Crippen LogP) is 3.69. The summed E-state index contributed by atoms with van der Waals surface area (Å²) in [5, 5.41) is 49.6. The summed E-state index contributed by atoms with van der Waals surface area (Å²) >= 11 is 0. The van der Waals surface area contributed by atoms with Crippen LogP contribution < -0.4 is 5.32 Å². The number of carbonyl (C=O) groups excluding carboxylic acids is 1. The van der Waals surface area contributed by atoms with E-state index in [-0.39, 0.29) is 30.8 Å². The van der Waals surface area contributed by atoms with E-state index in [9.17, 15) is 25.2 Å². The van der Waals surface area contributed by atoms with Crippen molar-refractivity contribution in [1.82, 2.24) is 5.32 Å². The van der Waals surface area contributed by atoms with E-state index in [1.165, 1.54) is 6.92 Å². The second-order valence-electron chi connectivity index (χ2n) is 16.2. The first-order chi connectivity index (χ1) is 22.7. The lowest BCUT2D eigenvalue weighted by molar-refractivity contribution is -0.342. The van der Waals surface area contributed by atoms with E-state index in [1.54, 1.807) is 41.7 Å². The fourth-order valence-corrected chi connectivity index (χ4v) is 8.65. The molecule has 1 unspecified atom stereocenters. The number of carbonyl (C=O) groups is 1. The molecule has 5 N–H and O–H groups in total. The van der Waals surface area contributed by atoms with Gasteiger partial charge in [-0.25, -0.2) is 0 Å². The van der Waals surface area contributed by atoms with Crippen molar-refractivity contribution >= 4 is 5.97 Å². The molecule has 3 aliphatic heterocycles. The minimum absolute atomic E-state index is 0.114. The standard InChI is InChI=1S/C37H69NO11/c1-13-26-25(7)46-29(19-35(26,9)44-12)48-30-22(4)32(49-37(11)27(39)16-15-17-45-37)34(8,42)18-21(3)20-38-24(6)31(40)36(10,43)28(14-2)47-33(41)23(30)5/h21-32,38-40,42-43H,13-20H2,1-12H3/t21-,22+,23-,24-,25+,26?,27-,28-,29+,30+,31-,32-,34-,35-,36-,37+/m1/s1. The Bertz CT molecular complexity index is 1060. The van der Waals surface area contributed by atoms with Gasteiger partial charge in [-0.15, -0.1) is 0 Å². The number of hydrogen-bond acceptors (Lipinski definition) is 12. The number of aliphatic hydroxyl groups excluding tert-OH is 2. The lowest BCUT2D eigenvalue weighted by Gasteiger charge is -2.50.